The van der Waals surface area contributed by atoms with E-state index in [1.807, 2.05) is 18.2 Å². The quantitative estimate of drug-likeness (QED) is 0.142. The maximum Gasteiger partial charge on any atom is 0.323 e. The zero-order chi connectivity index (χ0) is 23.9. The fourth-order valence-electron chi connectivity index (χ4n) is 3.55. The summed E-state index contributed by atoms with van der Waals surface area (Å²) in [7, 11) is -6.95. The van der Waals surface area contributed by atoms with Crippen LogP contribution in [-0.2, 0) is 23.7 Å². The maximum absolute atomic E-state index is 6.46. The Morgan fingerprint density at radius 2 is 1.38 bits per heavy atom. The highest BCUT2D eigenvalue weighted by atomic mass is 28.5. The minimum absolute atomic E-state index is 0.466. The third-order valence-electron chi connectivity index (χ3n) is 4.72. The largest absolute Gasteiger partial charge is 0.415 e. The summed E-state index contributed by atoms with van der Waals surface area (Å²) >= 11 is 0. The number of hydrogen-bond donors (Lipinski definition) is 0. The van der Waals surface area contributed by atoms with Gasteiger partial charge in [-0.05, 0) is 64.3 Å². The van der Waals surface area contributed by atoms with Gasteiger partial charge in [-0.25, -0.2) is 0 Å². The molecule has 0 saturated heterocycles. The van der Waals surface area contributed by atoms with Crippen LogP contribution in [0.5, 0.6) is 0 Å². The van der Waals surface area contributed by atoms with Crippen LogP contribution in [0, 0.1) is 11.8 Å². The van der Waals surface area contributed by atoms with Crippen molar-refractivity contribution in [3.05, 3.63) is 30.1 Å². The molecule has 0 aromatic carbocycles. The van der Waals surface area contributed by atoms with Crippen LogP contribution in [0.15, 0.2) is 24.4 Å². The van der Waals surface area contributed by atoms with Crippen LogP contribution >= 0.6 is 0 Å². The molecule has 0 aliphatic carbocycles. The van der Waals surface area contributed by atoms with E-state index in [2.05, 4.69) is 63.0 Å². The molecule has 0 radical (unpaired) electrons. The molecule has 0 fully saturated rings. The van der Waals surface area contributed by atoms with Crippen molar-refractivity contribution in [1.82, 2.24) is 4.98 Å². The van der Waals surface area contributed by atoms with Gasteiger partial charge in [0, 0.05) is 25.6 Å². The monoisotopic (exact) mass is 495 g/mol. The van der Waals surface area contributed by atoms with Crippen LogP contribution in [0.2, 0.25) is 39.3 Å². The SMILES string of the molecule is CCC#CCCCCCCCCO[Si](C)(C)O[Si](C)(C)O[Si](C)(C)OCc1ccccn1. The van der Waals surface area contributed by atoms with E-state index >= 15 is 0 Å². The van der Waals surface area contributed by atoms with E-state index in [4.69, 9.17) is 17.1 Å². The van der Waals surface area contributed by atoms with Gasteiger partial charge in [0.05, 0.1) is 12.3 Å². The van der Waals surface area contributed by atoms with Crippen molar-refractivity contribution in [2.75, 3.05) is 6.61 Å². The molecule has 1 aromatic rings. The van der Waals surface area contributed by atoms with Gasteiger partial charge < -0.3 is 17.1 Å². The molecular formula is C24H45NO4Si3. The molecule has 1 aromatic heterocycles. The zero-order valence-corrected chi connectivity index (χ0v) is 24.5. The van der Waals surface area contributed by atoms with Gasteiger partial charge in [0.15, 0.2) is 0 Å². The summed E-state index contributed by atoms with van der Waals surface area (Å²) in [6.07, 6.45) is 11.2. The van der Waals surface area contributed by atoms with Crippen molar-refractivity contribution in [2.45, 2.75) is 104 Å². The van der Waals surface area contributed by atoms with Crippen LogP contribution in [0.1, 0.15) is 64.0 Å². The Balaban J connectivity index is 2.25. The Morgan fingerprint density at radius 1 is 0.750 bits per heavy atom. The Morgan fingerprint density at radius 3 is 2.00 bits per heavy atom. The second kappa shape index (κ2) is 15.2. The number of pyridine rings is 1. The molecule has 0 aliphatic heterocycles. The standard InChI is InChI=1S/C24H45NO4Si3/c1-8-9-10-11-12-13-14-15-16-19-22-26-30(2,3)28-32(6,7)29-31(4,5)27-23-24-20-17-18-21-25-24/h17-18,20-21H,8,11-16,19,22-23H2,1-7H3. The first kappa shape index (κ1) is 29.2. The topological polar surface area (TPSA) is 49.8 Å². The van der Waals surface area contributed by atoms with Gasteiger partial charge in [0.1, 0.15) is 0 Å². The molecule has 1 rings (SSSR count). The zero-order valence-electron chi connectivity index (χ0n) is 21.5. The summed E-state index contributed by atoms with van der Waals surface area (Å²) < 4.78 is 25.2. The van der Waals surface area contributed by atoms with Gasteiger partial charge in [-0.1, -0.05) is 38.7 Å². The molecule has 32 heavy (non-hydrogen) atoms. The highest BCUT2D eigenvalue weighted by Gasteiger charge is 2.41. The second-order valence-corrected chi connectivity index (χ2v) is 20.0. The maximum atomic E-state index is 6.46. The molecule has 5 nitrogen and oxygen atoms in total. The van der Waals surface area contributed by atoms with Gasteiger partial charge in [-0.15, -0.1) is 11.8 Å². The second-order valence-electron chi connectivity index (χ2n) is 9.44. The minimum Gasteiger partial charge on any atom is -0.415 e. The first-order chi connectivity index (χ1) is 15.1. The predicted molar refractivity (Wildman–Crippen MR) is 140 cm³/mol. The number of rotatable bonds is 16. The molecule has 8 heteroatoms. The van der Waals surface area contributed by atoms with Crippen molar-refractivity contribution in [3.63, 3.8) is 0 Å². The smallest absolute Gasteiger partial charge is 0.323 e. The lowest BCUT2D eigenvalue weighted by molar-refractivity contribution is 0.196. The van der Waals surface area contributed by atoms with E-state index in [1.54, 1.807) is 6.20 Å². The van der Waals surface area contributed by atoms with Crippen molar-refractivity contribution in [2.24, 2.45) is 0 Å². The van der Waals surface area contributed by atoms with Crippen molar-refractivity contribution < 1.29 is 17.1 Å². The normalized spacial score (nSPS) is 12.5. The molecule has 0 N–H and O–H groups in total. The van der Waals surface area contributed by atoms with Crippen LogP contribution in [-0.4, -0.2) is 37.3 Å². The Hall–Kier alpha value is -0.799. The summed E-state index contributed by atoms with van der Waals surface area (Å²) in [6.45, 7) is 15.9. The van der Waals surface area contributed by atoms with Gasteiger partial charge in [0.2, 0.25) is 0 Å². The van der Waals surface area contributed by atoms with Crippen molar-refractivity contribution in [1.29, 1.82) is 0 Å². The molecule has 0 unspecified atom stereocenters. The van der Waals surface area contributed by atoms with Crippen molar-refractivity contribution >= 4 is 25.7 Å². The Kier molecular flexibility index (Phi) is 13.9. The van der Waals surface area contributed by atoms with E-state index in [9.17, 15) is 0 Å². The summed E-state index contributed by atoms with van der Waals surface area (Å²) in [5.41, 5.74) is 0.917. The summed E-state index contributed by atoms with van der Waals surface area (Å²) in [5.74, 6) is 6.35. The molecule has 0 atom stereocenters. The fraction of sp³-hybridized carbons (Fsp3) is 0.708. The summed E-state index contributed by atoms with van der Waals surface area (Å²) in [5, 5.41) is 0. The lowest BCUT2D eigenvalue weighted by atomic mass is 10.1. The van der Waals surface area contributed by atoms with Crippen LogP contribution in [0.4, 0.5) is 0 Å². The molecule has 1 heterocycles. The number of hydrogen-bond acceptors (Lipinski definition) is 5. The summed E-state index contributed by atoms with van der Waals surface area (Å²) in [6, 6.07) is 5.85. The molecule has 182 valence electrons. The number of nitrogens with zero attached hydrogens (tertiary/aromatic N) is 1. The fourth-order valence-corrected chi connectivity index (χ4v) is 15.2. The molecule has 0 spiro atoms. The Labute approximate surface area is 200 Å². The van der Waals surface area contributed by atoms with E-state index in [-0.39, 0.29) is 0 Å². The molecule has 0 amide bonds. The summed E-state index contributed by atoms with van der Waals surface area (Å²) in [4.78, 5) is 4.32. The molecule has 0 aliphatic rings. The highest BCUT2D eigenvalue weighted by Crippen LogP contribution is 2.23. The van der Waals surface area contributed by atoms with E-state index < -0.39 is 25.7 Å². The average Bonchev–Trinajstić information content (AvgIpc) is 2.69. The van der Waals surface area contributed by atoms with Gasteiger partial charge in [-0.2, -0.15) is 0 Å². The first-order valence-electron chi connectivity index (χ1n) is 12.1. The lowest BCUT2D eigenvalue weighted by Gasteiger charge is -2.37. The predicted octanol–water partition coefficient (Wildman–Crippen LogP) is 6.90. The van der Waals surface area contributed by atoms with Crippen LogP contribution < -0.4 is 0 Å². The van der Waals surface area contributed by atoms with E-state index in [0.717, 1.165) is 31.6 Å². The lowest BCUT2D eigenvalue weighted by Crippen LogP contribution is -2.54. The third kappa shape index (κ3) is 15.1. The van der Waals surface area contributed by atoms with Crippen LogP contribution in [0.3, 0.4) is 0 Å². The van der Waals surface area contributed by atoms with E-state index in [1.165, 1.54) is 32.1 Å². The van der Waals surface area contributed by atoms with Gasteiger partial charge in [0.25, 0.3) is 0 Å². The van der Waals surface area contributed by atoms with Crippen LogP contribution in [0.25, 0.3) is 0 Å². The Bertz CT molecular complexity index is 687. The number of aromatic nitrogens is 1. The molecule has 0 saturated carbocycles. The first-order valence-corrected chi connectivity index (χ1v) is 20.5. The van der Waals surface area contributed by atoms with Gasteiger partial charge in [-0.3, -0.25) is 4.98 Å². The number of unbranched alkanes of at least 4 members (excludes halogenated alkanes) is 6. The third-order valence-corrected chi connectivity index (χ3v) is 14.3. The van der Waals surface area contributed by atoms with E-state index in [0.29, 0.717) is 6.61 Å². The molecular weight excluding hydrogens is 451 g/mol. The van der Waals surface area contributed by atoms with Crippen molar-refractivity contribution in [3.8, 4) is 11.8 Å². The average molecular weight is 496 g/mol. The highest BCUT2D eigenvalue weighted by molar-refractivity contribution is 6.84. The molecule has 0 bridgehead atoms. The van der Waals surface area contributed by atoms with Gasteiger partial charge >= 0.3 is 25.7 Å². The minimum atomic E-state index is -2.37.